The first-order valence-electron chi connectivity index (χ1n) is 5.89. The summed E-state index contributed by atoms with van der Waals surface area (Å²) in [6, 6.07) is 10.3. The molecule has 0 aliphatic carbocycles. The Hall–Kier alpha value is -1.65. The summed E-state index contributed by atoms with van der Waals surface area (Å²) >= 11 is 1.74. The molecule has 4 heteroatoms. The van der Waals surface area contributed by atoms with Crippen LogP contribution in [-0.2, 0) is 7.05 Å². The van der Waals surface area contributed by atoms with Crippen LogP contribution >= 0.6 is 11.3 Å². The summed E-state index contributed by atoms with van der Waals surface area (Å²) in [5.41, 5.74) is 9.62. The van der Waals surface area contributed by atoms with E-state index < -0.39 is 0 Å². The van der Waals surface area contributed by atoms with Gasteiger partial charge in [-0.15, -0.1) is 11.3 Å². The summed E-state index contributed by atoms with van der Waals surface area (Å²) in [7, 11) is 1.94. The highest BCUT2D eigenvalue weighted by Gasteiger charge is 2.16. The number of nitrogens with two attached hydrogens (primary N) is 1. The first-order valence-corrected chi connectivity index (χ1v) is 6.77. The smallest absolute Gasteiger partial charge is 0.0737 e. The first-order chi connectivity index (χ1) is 8.66. The summed E-state index contributed by atoms with van der Waals surface area (Å²) in [6.45, 7) is 1.99. The minimum atomic E-state index is -0.126. The molecule has 0 saturated heterocycles. The fraction of sp³-hybridized carbons (Fsp3) is 0.214. The largest absolute Gasteiger partial charge is 0.319 e. The number of hydrogen-bond donors (Lipinski definition) is 1. The van der Waals surface area contributed by atoms with Gasteiger partial charge in [-0.1, -0.05) is 18.2 Å². The monoisotopic (exact) mass is 257 g/mol. The summed E-state index contributed by atoms with van der Waals surface area (Å²) in [6.07, 6.45) is 0. The van der Waals surface area contributed by atoms with Crippen molar-refractivity contribution in [2.45, 2.75) is 13.0 Å². The number of nitrogens with zero attached hydrogens (tertiary/aromatic N) is 2. The number of benzene rings is 1. The van der Waals surface area contributed by atoms with Crippen LogP contribution in [0.25, 0.3) is 10.1 Å². The average molecular weight is 257 g/mol. The molecular weight excluding hydrogens is 242 g/mol. The normalized spacial score (nSPS) is 13.1. The number of fused-ring (bicyclic) bond motifs is 1. The third-order valence-electron chi connectivity index (χ3n) is 3.20. The van der Waals surface area contributed by atoms with Crippen LogP contribution in [0.1, 0.15) is 23.0 Å². The van der Waals surface area contributed by atoms with Gasteiger partial charge in [-0.3, -0.25) is 4.68 Å². The molecule has 2 N–H and O–H groups in total. The maximum atomic E-state index is 6.40. The van der Waals surface area contributed by atoms with E-state index in [1.165, 1.54) is 15.6 Å². The Labute approximate surface area is 110 Å². The second-order valence-electron chi connectivity index (χ2n) is 4.50. The molecule has 0 aliphatic heterocycles. The van der Waals surface area contributed by atoms with Gasteiger partial charge in [-0.2, -0.15) is 5.10 Å². The molecule has 0 bridgehead atoms. The van der Waals surface area contributed by atoms with Crippen LogP contribution in [0.15, 0.2) is 35.7 Å². The van der Waals surface area contributed by atoms with E-state index in [2.05, 4.69) is 40.8 Å². The van der Waals surface area contributed by atoms with Crippen molar-refractivity contribution in [3.63, 3.8) is 0 Å². The van der Waals surface area contributed by atoms with Crippen LogP contribution in [0.2, 0.25) is 0 Å². The number of thiophene rings is 1. The van der Waals surface area contributed by atoms with Crippen LogP contribution in [0.3, 0.4) is 0 Å². The van der Waals surface area contributed by atoms with Gasteiger partial charge in [0, 0.05) is 11.7 Å². The zero-order valence-electron chi connectivity index (χ0n) is 10.4. The van der Waals surface area contributed by atoms with Crippen molar-refractivity contribution in [1.29, 1.82) is 0 Å². The first kappa shape index (κ1) is 11.4. The maximum absolute atomic E-state index is 6.40. The molecule has 0 saturated carbocycles. The van der Waals surface area contributed by atoms with E-state index in [1.54, 1.807) is 11.3 Å². The molecule has 0 amide bonds. The number of hydrogen-bond acceptors (Lipinski definition) is 3. The van der Waals surface area contributed by atoms with Crippen LogP contribution in [0.5, 0.6) is 0 Å². The van der Waals surface area contributed by atoms with E-state index in [4.69, 9.17) is 5.73 Å². The number of aromatic nitrogens is 2. The molecule has 18 heavy (non-hydrogen) atoms. The standard InChI is InChI=1S/C14H15N3S/c1-9-8-12(17(2)16-9)13(15)11-5-3-4-10-6-7-18-14(10)11/h3-8,13H,15H2,1-2H3. The van der Waals surface area contributed by atoms with Crippen LogP contribution in [-0.4, -0.2) is 9.78 Å². The van der Waals surface area contributed by atoms with Crippen molar-refractivity contribution < 1.29 is 0 Å². The zero-order chi connectivity index (χ0) is 12.7. The van der Waals surface area contributed by atoms with Crippen molar-refractivity contribution in [2.24, 2.45) is 12.8 Å². The lowest BCUT2D eigenvalue weighted by Gasteiger charge is -2.13. The van der Waals surface area contributed by atoms with Crippen molar-refractivity contribution in [2.75, 3.05) is 0 Å². The number of rotatable bonds is 2. The molecule has 0 spiro atoms. The minimum Gasteiger partial charge on any atom is -0.319 e. The molecule has 1 unspecified atom stereocenters. The molecule has 2 aromatic heterocycles. The molecule has 92 valence electrons. The quantitative estimate of drug-likeness (QED) is 0.767. The average Bonchev–Trinajstić information content (AvgIpc) is 2.94. The van der Waals surface area contributed by atoms with E-state index >= 15 is 0 Å². The van der Waals surface area contributed by atoms with Crippen molar-refractivity contribution >= 4 is 21.4 Å². The van der Waals surface area contributed by atoms with E-state index in [1.807, 2.05) is 18.7 Å². The number of aryl methyl sites for hydroxylation is 2. The lowest BCUT2D eigenvalue weighted by Crippen LogP contribution is -2.15. The summed E-state index contributed by atoms with van der Waals surface area (Å²) in [4.78, 5) is 0. The Morgan fingerprint density at radius 2 is 2.17 bits per heavy atom. The molecule has 1 aromatic carbocycles. The van der Waals surface area contributed by atoms with Gasteiger partial charge >= 0.3 is 0 Å². The van der Waals surface area contributed by atoms with Gasteiger partial charge in [-0.05, 0) is 35.4 Å². The van der Waals surface area contributed by atoms with Crippen LogP contribution in [0.4, 0.5) is 0 Å². The second-order valence-corrected chi connectivity index (χ2v) is 5.41. The molecule has 3 nitrogen and oxygen atoms in total. The highest BCUT2D eigenvalue weighted by atomic mass is 32.1. The minimum absolute atomic E-state index is 0.126. The summed E-state index contributed by atoms with van der Waals surface area (Å²) < 4.78 is 3.13. The van der Waals surface area contributed by atoms with Crippen molar-refractivity contribution in [1.82, 2.24) is 9.78 Å². The topological polar surface area (TPSA) is 43.8 Å². The molecule has 0 aliphatic rings. The SMILES string of the molecule is Cc1cc(C(N)c2cccc3ccsc23)n(C)n1. The molecule has 3 rings (SSSR count). The third-order valence-corrected chi connectivity index (χ3v) is 4.18. The van der Waals surface area contributed by atoms with Gasteiger partial charge in [0.25, 0.3) is 0 Å². The van der Waals surface area contributed by atoms with Crippen molar-refractivity contribution in [3.05, 3.63) is 52.7 Å². The summed E-state index contributed by atoms with van der Waals surface area (Å²) in [5.74, 6) is 0. The van der Waals surface area contributed by atoms with Gasteiger partial charge in [0.1, 0.15) is 0 Å². The fourth-order valence-electron chi connectivity index (χ4n) is 2.34. The predicted molar refractivity (Wildman–Crippen MR) is 75.8 cm³/mol. The Bertz CT molecular complexity index is 696. The molecular formula is C14H15N3S. The molecule has 0 fully saturated rings. The lowest BCUT2D eigenvalue weighted by molar-refractivity contribution is 0.671. The molecule has 3 aromatic rings. The van der Waals surface area contributed by atoms with Crippen molar-refractivity contribution in [3.8, 4) is 0 Å². The fourth-order valence-corrected chi connectivity index (χ4v) is 3.30. The molecule has 0 radical (unpaired) electrons. The van der Waals surface area contributed by atoms with E-state index in [9.17, 15) is 0 Å². The Morgan fingerprint density at radius 3 is 2.89 bits per heavy atom. The molecule has 1 atom stereocenters. The highest BCUT2D eigenvalue weighted by molar-refractivity contribution is 7.17. The van der Waals surface area contributed by atoms with Crippen LogP contribution < -0.4 is 5.73 Å². The van der Waals surface area contributed by atoms with Gasteiger partial charge in [0.2, 0.25) is 0 Å². The van der Waals surface area contributed by atoms with Gasteiger partial charge in [0.05, 0.1) is 17.4 Å². The Kier molecular flexibility index (Phi) is 2.69. The Morgan fingerprint density at radius 1 is 1.33 bits per heavy atom. The van der Waals surface area contributed by atoms with E-state index in [0.717, 1.165) is 11.4 Å². The molecule has 2 heterocycles. The second kappa shape index (κ2) is 4.23. The maximum Gasteiger partial charge on any atom is 0.0737 e. The predicted octanol–water partition coefficient (Wildman–Crippen LogP) is 2.99. The lowest BCUT2D eigenvalue weighted by atomic mass is 10.0. The van der Waals surface area contributed by atoms with E-state index in [-0.39, 0.29) is 6.04 Å². The van der Waals surface area contributed by atoms with E-state index in [0.29, 0.717) is 0 Å². The van der Waals surface area contributed by atoms with Crippen LogP contribution in [0, 0.1) is 6.92 Å². The van der Waals surface area contributed by atoms with Gasteiger partial charge in [-0.25, -0.2) is 0 Å². The summed E-state index contributed by atoms with van der Waals surface area (Å²) in [5, 5.41) is 7.73. The highest BCUT2D eigenvalue weighted by Crippen LogP contribution is 2.31. The van der Waals surface area contributed by atoms with Gasteiger partial charge in [0.15, 0.2) is 0 Å². The third kappa shape index (κ3) is 1.74. The zero-order valence-corrected chi connectivity index (χ0v) is 11.2. The Balaban J connectivity index is 2.14. The van der Waals surface area contributed by atoms with Gasteiger partial charge < -0.3 is 5.73 Å².